The highest BCUT2D eigenvalue weighted by Crippen LogP contribution is 2.19. The maximum atomic E-state index is 13.7. The van der Waals surface area contributed by atoms with Crippen molar-refractivity contribution < 1.29 is 13.6 Å². The average molecular weight is 394 g/mol. The molecule has 1 amide bonds. The Bertz CT molecular complexity index is 1280. The van der Waals surface area contributed by atoms with Gasteiger partial charge in [-0.15, -0.1) is 0 Å². The molecule has 0 fully saturated rings. The fraction of sp³-hybridized carbons (Fsp3) is 0.0952. The van der Waals surface area contributed by atoms with Crippen molar-refractivity contribution in [3.8, 4) is 11.3 Å². The van der Waals surface area contributed by atoms with Crippen LogP contribution in [0.4, 0.5) is 14.5 Å². The Balaban J connectivity index is 1.60. The second-order valence-electron chi connectivity index (χ2n) is 6.63. The van der Waals surface area contributed by atoms with Gasteiger partial charge in [0.25, 0.3) is 5.56 Å². The quantitative estimate of drug-likeness (QED) is 0.577. The molecule has 0 spiro atoms. The minimum atomic E-state index is -0.763. The van der Waals surface area contributed by atoms with Crippen molar-refractivity contribution >= 4 is 17.1 Å². The van der Waals surface area contributed by atoms with E-state index in [1.54, 1.807) is 12.3 Å². The zero-order valence-electron chi connectivity index (χ0n) is 15.4. The highest BCUT2D eigenvalue weighted by Gasteiger charge is 2.13. The first-order valence-corrected chi connectivity index (χ1v) is 8.81. The molecule has 1 N–H and O–H groups in total. The Labute approximate surface area is 164 Å². The van der Waals surface area contributed by atoms with Gasteiger partial charge in [-0.1, -0.05) is 29.8 Å². The first-order chi connectivity index (χ1) is 13.9. The van der Waals surface area contributed by atoms with Crippen LogP contribution in [0, 0.1) is 18.6 Å². The Hall–Kier alpha value is -3.81. The van der Waals surface area contributed by atoms with Gasteiger partial charge >= 0.3 is 0 Å². The zero-order chi connectivity index (χ0) is 20.5. The molecule has 8 heteroatoms. The van der Waals surface area contributed by atoms with Gasteiger partial charge in [0.2, 0.25) is 5.91 Å². The molecule has 0 bridgehead atoms. The zero-order valence-corrected chi connectivity index (χ0v) is 15.4. The molecule has 0 saturated heterocycles. The number of hydrogen-bond acceptors (Lipinski definition) is 3. The third-order valence-corrected chi connectivity index (χ3v) is 4.47. The van der Waals surface area contributed by atoms with Crippen LogP contribution in [0.25, 0.3) is 16.8 Å². The topological polar surface area (TPSA) is 68.4 Å². The number of halogens is 2. The van der Waals surface area contributed by atoms with E-state index in [-0.39, 0.29) is 12.2 Å². The van der Waals surface area contributed by atoms with E-state index in [1.807, 2.05) is 31.2 Å². The molecule has 0 atom stereocenters. The predicted molar refractivity (Wildman–Crippen MR) is 105 cm³/mol. The van der Waals surface area contributed by atoms with E-state index in [1.165, 1.54) is 15.3 Å². The Morgan fingerprint density at radius 3 is 2.59 bits per heavy atom. The largest absolute Gasteiger partial charge is 0.322 e. The summed E-state index contributed by atoms with van der Waals surface area (Å²) in [5, 5.41) is 6.67. The number of anilines is 1. The van der Waals surface area contributed by atoms with Gasteiger partial charge in [-0.25, -0.2) is 13.3 Å². The van der Waals surface area contributed by atoms with Gasteiger partial charge in [0, 0.05) is 24.0 Å². The summed E-state index contributed by atoms with van der Waals surface area (Å²) in [7, 11) is 0. The van der Waals surface area contributed by atoms with Gasteiger partial charge in [0.1, 0.15) is 23.7 Å². The van der Waals surface area contributed by atoms with Gasteiger partial charge < -0.3 is 9.88 Å². The number of benzene rings is 2. The SMILES string of the molecule is Cc1ccc(-c2cc3c(=O)n(CC(=O)Nc4cc(F)ccc4F)ccn3n2)cc1. The summed E-state index contributed by atoms with van der Waals surface area (Å²) in [6.07, 6.45) is 2.98. The fourth-order valence-corrected chi connectivity index (χ4v) is 2.95. The Kier molecular flexibility index (Phi) is 4.67. The summed E-state index contributed by atoms with van der Waals surface area (Å²) in [6.45, 7) is 1.63. The maximum Gasteiger partial charge on any atom is 0.277 e. The van der Waals surface area contributed by atoms with Crippen LogP contribution >= 0.6 is 0 Å². The van der Waals surface area contributed by atoms with Crippen molar-refractivity contribution in [2.75, 3.05) is 5.32 Å². The van der Waals surface area contributed by atoms with Crippen LogP contribution in [-0.2, 0) is 11.3 Å². The molecule has 2 heterocycles. The van der Waals surface area contributed by atoms with E-state index in [4.69, 9.17) is 0 Å². The molecule has 0 radical (unpaired) electrons. The summed E-state index contributed by atoms with van der Waals surface area (Å²) in [5.74, 6) is -2.09. The smallest absolute Gasteiger partial charge is 0.277 e. The third kappa shape index (κ3) is 3.77. The van der Waals surface area contributed by atoms with Crippen LogP contribution in [-0.4, -0.2) is 20.1 Å². The molecular weight excluding hydrogens is 378 g/mol. The maximum absolute atomic E-state index is 13.7. The Morgan fingerprint density at radius 1 is 1.07 bits per heavy atom. The average Bonchev–Trinajstić information content (AvgIpc) is 3.13. The molecule has 146 valence electrons. The number of aryl methyl sites for hydroxylation is 1. The van der Waals surface area contributed by atoms with E-state index in [0.717, 1.165) is 29.3 Å². The van der Waals surface area contributed by atoms with E-state index in [0.29, 0.717) is 11.2 Å². The van der Waals surface area contributed by atoms with Crippen LogP contribution in [0.2, 0.25) is 0 Å². The van der Waals surface area contributed by atoms with Crippen LogP contribution in [0.1, 0.15) is 5.56 Å². The fourth-order valence-electron chi connectivity index (χ4n) is 2.95. The van der Waals surface area contributed by atoms with Gasteiger partial charge in [-0.05, 0) is 25.1 Å². The van der Waals surface area contributed by atoms with Gasteiger partial charge in [-0.2, -0.15) is 5.10 Å². The lowest BCUT2D eigenvalue weighted by molar-refractivity contribution is -0.116. The summed E-state index contributed by atoms with van der Waals surface area (Å²) in [6, 6.07) is 12.1. The highest BCUT2D eigenvalue weighted by molar-refractivity contribution is 5.90. The summed E-state index contributed by atoms with van der Waals surface area (Å²) >= 11 is 0. The van der Waals surface area contributed by atoms with E-state index in [2.05, 4.69) is 10.4 Å². The van der Waals surface area contributed by atoms with Crippen molar-refractivity contribution in [3.05, 3.63) is 88.5 Å². The van der Waals surface area contributed by atoms with Gasteiger partial charge in [-0.3, -0.25) is 9.59 Å². The summed E-state index contributed by atoms with van der Waals surface area (Å²) in [5.41, 5.74) is 2.20. The molecule has 4 aromatic rings. The number of carbonyl (C=O) groups is 1. The molecule has 4 rings (SSSR count). The molecular formula is C21H16F2N4O2. The molecule has 0 aliphatic rings. The highest BCUT2D eigenvalue weighted by atomic mass is 19.1. The van der Waals surface area contributed by atoms with Crippen LogP contribution in [0.5, 0.6) is 0 Å². The van der Waals surface area contributed by atoms with Crippen LogP contribution in [0.3, 0.4) is 0 Å². The molecule has 0 aliphatic heterocycles. The van der Waals surface area contributed by atoms with Gasteiger partial charge in [0.05, 0.1) is 11.4 Å². The van der Waals surface area contributed by atoms with Crippen molar-refractivity contribution in [2.45, 2.75) is 13.5 Å². The number of aromatic nitrogens is 3. The summed E-state index contributed by atoms with van der Waals surface area (Å²) < 4.78 is 29.6. The lowest BCUT2D eigenvalue weighted by Crippen LogP contribution is -2.28. The minimum absolute atomic E-state index is 0.282. The number of nitrogens with zero attached hydrogens (tertiary/aromatic N) is 3. The summed E-state index contributed by atoms with van der Waals surface area (Å²) in [4.78, 5) is 24.9. The van der Waals surface area contributed by atoms with Crippen LogP contribution < -0.4 is 10.9 Å². The lowest BCUT2D eigenvalue weighted by atomic mass is 10.1. The molecule has 2 aromatic heterocycles. The second-order valence-corrected chi connectivity index (χ2v) is 6.63. The number of fused-ring (bicyclic) bond motifs is 1. The normalized spacial score (nSPS) is 11.0. The molecule has 0 unspecified atom stereocenters. The van der Waals surface area contributed by atoms with Crippen molar-refractivity contribution in [1.82, 2.24) is 14.2 Å². The number of nitrogens with one attached hydrogen (secondary N) is 1. The first kappa shape index (κ1) is 18.5. The second kappa shape index (κ2) is 7.31. The van der Waals surface area contributed by atoms with E-state index < -0.39 is 23.1 Å². The first-order valence-electron chi connectivity index (χ1n) is 8.81. The number of hydrogen-bond donors (Lipinski definition) is 1. The van der Waals surface area contributed by atoms with Crippen molar-refractivity contribution in [2.24, 2.45) is 0 Å². The monoisotopic (exact) mass is 394 g/mol. The number of amides is 1. The molecule has 6 nitrogen and oxygen atoms in total. The Morgan fingerprint density at radius 2 is 1.83 bits per heavy atom. The standard InChI is InChI=1S/C21H16F2N4O2/c1-13-2-4-14(5-3-13)17-11-19-21(29)26(8-9-27(19)25-17)12-20(28)24-18-10-15(22)6-7-16(18)23/h2-11H,12H2,1H3,(H,24,28). The van der Waals surface area contributed by atoms with E-state index in [9.17, 15) is 18.4 Å². The van der Waals surface area contributed by atoms with Crippen LogP contribution in [0.15, 0.2) is 65.7 Å². The van der Waals surface area contributed by atoms with Gasteiger partial charge in [0.15, 0.2) is 0 Å². The van der Waals surface area contributed by atoms with Crippen molar-refractivity contribution in [1.29, 1.82) is 0 Å². The molecule has 0 saturated carbocycles. The lowest BCUT2D eigenvalue weighted by Gasteiger charge is -2.08. The molecule has 2 aromatic carbocycles. The molecule has 29 heavy (non-hydrogen) atoms. The van der Waals surface area contributed by atoms with E-state index >= 15 is 0 Å². The third-order valence-electron chi connectivity index (χ3n) is 4.47. The minimum Gasteiger partial charge on any atom is -0.322 e. The van der Waals surface area contributed by atoms with Crippen molar-refractivity contribution in [3.63, 3.8) is 0 Å². The molecule has 0 aliphatic carbocycles. The number of rotatable bonds is 4. The predicted octanol–water partition coefficient (Wildman–Crippen LogP) is 3.39. The number of carbonyl (C=O) groups excluding carboxylic acids is 1.